The van der Waals surface area contributed by atoms with Crippen molar-refractivity contribution in [3.05, 3.63) is 59.8 Å². The van der Waals surface area contributed by atoms with E-state index in [0.29, 0.717) is 5.69 Å². The number of alkyl halides is 2. The van der Waals surface area contributed by atoms with Crippen LogP contribution >= 0.6 is 0 Å². The van der Waals surface area contributed by atoms with E-state index in [-0.39, 0.29) is 24.2 Å². The third-order valence-corrected chi connectivity index (χ3v) is 5.05. The summed E-state index contributed by atoms with van der Waals surface area (Å²) in [6, 6.07) is 7.17. The molecule has 0 amide bonds. The maximum atomic E-state index is 14.1. The van der Waals surface area contributed by atoms with Gasteiger partial charge in [-0.1, -0.05) is 0 Å². The molecule has 0 saturated heterocycles. The van der Waals surface area contributed by atoms with Gasteiger partial charge in [0.2, 0.25) is 6.43 Å². The van der Waals surface area contributed by atoms with Crippen LogP contribution < -0.4 is 4.74 Å². The van der Waals surface area contributed by atoms with Gasteiger partial charge in [0, 0.05) is 41.0 Å². The lowest BCUT2D eigenvalue weighted by Gasteiger charge is -2.37. The molecule has 2 atom stereocenters. The SMILES string of the molecule is COc1ccc(F)cc1C(C)(CC(C)(O)Cc1cc2cnccc2[nH]1)C(F)F. The number of nitrogens with one attached hydrogen (secondary N) is 1. The zero-order chi connectivity index (χ0) is 20.5. The standard InChI is InChI=1S/C21H23F3N2O2/c1-20(27,10-15-8-13-11-25-7-6-17(13)26-15)12-21(2,19(23)24)16-9-14(22)4-5-18(16)28-3/h4-9,11,19,26-27H,10,12H2,1-3H3. The first-order valence-corrected chi connectivity index (χ1v) is 8.91. The van der Waals surface area contributed by atoms with Gasteiger partial charge in [0.25, 0.3) is 0 Å². The van der Waals surface area contributed by atoms with Crippen LogP contribution in [0.25, 0.3) is 10.9 Å². The Bertz CT molecular complexity index is 938. The molecule has 0 aliphatic rings. The van der Waals surface area contributed by atoms with Crippen molar-refractivity contribution in [1.29, 1.82) is 0 Å². The summed E-state index contributed by atoms with van der Waals surface area (Å²) in [6.07, 6.45) is 0.337. The summed E-state index contributed by atoms with van der Waals surface area (Å²) in [6.45, 7) is 2.82. The van der Waals surface area contributed by atoms with Crippen LogP contribution in [0.5, 0.6) is 5.75 Å². The van der Waals surface area contributed by atoms with Crippen LogP contribution in [0.4, 0.5) is 13.2 Å². The molecule has 0 aliphatic carbocycles. The van der Waals surface area contributed by atoms with E-state index in [2.05, 4.69) is 9.97 Å². The van der Waals surface area contributed by atoms with E-state index in [1.165, 1.54) is 27.0 Å². The fourth-order valence-corrected chi connectivity index (χ4v) is 3.81. The highest BCUT2D eigenvalue weighted by Gasteiger charge is 2.44. The van der Waals surface area contributed by atoms with Crippen LogP contribution in [0.15, 0.2) is 42.7 Å². The van der Waals surface area contributed by atoms with Crippen LogP contribution in [0.1, 0.15) is 31.5 Å². The summed E-state index contributed by atoms with van der Waals surface area (Å²) in [5.74, 6) is -0.470. The van der Waals surface area contributed by atoms with Crippen LogP contribution in [0.3, 0.4) is 0 Å². The van der Waals surface area contributed by atoms with Crippen molar-refractivity contribution in [2.75, 3.05) is 7.11 Å². The molecule has 0 saturated carbocycles. The average molecular weight is 392 g/mol. The molecular weight excluding hydrogens is 369 g/mol. The lowest BCUT2D eigenvalue weighted by Crippen LogP contribution is -2.42. The zero-order valence-corrected chi connectivity index (χ0v) is 16.0. The monoisotopic (exact) mass is 392 g/mol. The Morgan fingerprint density at radius 2 is 1.96 bits per heavy atom. The lowest BCUT2D eigenvalue weighted by molar-refractivity contribution is -0.0245. The molecule has 0 spiro atoms. The Morgan fingerprint density at radius 3 is 2.61 bits per heavy atom. The molecular formula is C21H23F3N2O2. The molecule has 0 fully saturated rings. The van der Waals surface area contributed by atoms with E-state index >= 15 is 0 Å². The maximum absolute atomic E-state index is 14.1. The van der Waals surface area contributed by atoms with E-state index in [9.17, 15) is 18.3 Å². The number of aliphatic hydroxyl groups is 1. The summed E-state index contributed by atoms with van der Waals surface area (Å²) >= 11 is 0. The first-order valence-electron chi connectivity index (χ1n) is 8.91. The van der Waals surface area contributed by atoms with E-state index in [4.69, 9.17) is 4.74 Å². The van der Waals surface area contributed by atoms with Gasteiger partial charge in [-0.3, -0.25) is 4.98 Å². The molecule has 7 heteroatoms. The molecule has 150 valence electrons. The van der Waals surface area contributed by atoms with Crippen molar-refractivity contribution in [2.24, 2.45) is 0 Å². The normalized spacial score (nSPS) is 16.1. The highest BCUT2D eigenvalue weighted by atomic mass is 19.3. The fourth-order valence-electron chi connectivity index (χ4n) is 3.81. The number of nitrogens with zero attached hydrogens (tertiary/aromatic N) is 1. The quantitative estimate of drug-likeness (QED) is 0.617. The van der Waals surface area contributed by atoms with Crippen molar-refractivity contribution in [1.82, 2.24) is 9.97 Å². The third-order valence-electron chi connectivity index (χ3n) is 5.05. The number of H-pyrrole nitrogens is 1. The number of fused-ring (bicyclic) bond motifs is 1. The van der Waals surface area contributed by atoms with Gasteiger partial charge in [0.1, 0.15) is 11.6 Å². The zero-order valence-electron chi connectivity index (χ0n) is 16.0. The van der Waals surface area contributed by atoms with Gasteiger partial charge in [0.05, 0.1) is 18.1 Å². The number of pyridine rings is 1. The molecule has 2 heterocycles. The van der Waals surface area contributed by atoms with Gasteiger partial charge in [-0.25, -0.2) is 13.2 Å². The smallest absolute Gasteiger partial charge is 0.248 e. The van der Waals surface area contributed by atoms with Crippen molar-refractivity contribution in [2.45, 2.75) is 44.1 Å². The number of aromatic amines is 1. The largest absolute Gasteiger partial charge is 0.496 e. The molecule has 1 aromatic carbocycles. The van der Waals surface area contributed by atoms with Crippen molar-refractivity contribution < 1.29 is 23.0 Å². The minimum Gasteiger partial charge on any atom is -0.496 e. The molecule has 2 N–H and O–H groups in total. The molecule has 28 heavy (non-hydrogen) atoms. The van der Waals surface area contributed by atoms with Gasteiger partial charge in [-0.15, -0.1) is 0 Å². The predicted octanol–water partition coefficient (Wildman–Crippen LogP) is 4.62. The van der Waals surface area contributed by atoms with Crippen LogP contribution in [-0.2, 0) is 11.8 Å². The Hall–Kier alpha value is -2.54. The number of methoxy groups -OCH3 is 1. The van der Waals surface area contributed by atoms with E-state index < -0.39 is 23.3 Å². The highest BCUT2D eigenvalue weighted by molar-refractivity contribution is 5.79. The molecule has 0 radical (unpaired) electrons. The Balaban J connectivity index is 1.93. The summed E-state index contributed by atoms with van der Waals surface area (Å²) in [4.78, 5) is 7.21. The Morgan fingerprint density at radius 1 is 1.21 bits per heavy atom. The number of hydrogen-bond donors (Lipinski definition) is 2. The summed E-state index contributed by atoms with van der Waals surface area (Å²) in [5, 5.41) is 11.8. The topological polar surface area (TPSA) is 58.1 Å². The first-order chi connectivity index (χ1) is 13.1. The van der Waals surface area contributed by atoms with Gasteiger partial charge in [-0.2, -0.15) is 0 Å². The minimum absolute atomic E-state index is 0.0334. The second kappa shape index (κ2) is 7.47. The van der Waals surface area contributed by atoms with Crippen LogP contribution in [0.2, 0.25) is 0 Å². The molecule has 0 aliphatic heterocycles. The van der Waals surface area contributed by atoms with E-state index in [1.54, 1.807) is 18.5 Å². The second-order valence-electron chi connectivity index (χ2n) is 7.67. The lowest BCUT2D eigenvalue weighted by atomic mass is 9.73. The number of halogens is 3. The summed E-state index contributed by atoms with van der Waals surface area (Å²) in [5.41, 5.74) is -1.69. The van der Waals surface area contributed by atoms with Crippen LogP contribution in [-0.4, -0.2) is 34.2 Å². The highest BCUT2D eigenvalue weighted by Crippen LogP contribution is 2.43. The number of aromatic nitrogens is 2. The van der Waals surface area contributed by atoms with Gasteiger partial charge in [0.15, 0.2) is 0 Å². The molecule has 2 unspecified atom stereocenters. The van der Waals surface area contributed by atoms with Gasteiger partial charge >= 0.3 is 0 Å². The molecule has 4 nitrogen and oxygen atoms in total. The number of benzene rings is 1. The van der Waals surface area contributed by atoms with Crippen LogP contribution in [0, 0.1) is 5.82 Å². The third kappa shape index (κ3) is 3.99. The molecule has 3 aromatic rings. The van der Waals surface area contributed by atoms with Gasteiger partial charge < -0.3 is 14.8 Å². The Kier molecular flexibility index (Phi) is 5.39. The maximum Gasteiger partial charge on any atom is 0.248 e. The molecule has 3 rings (SSSR count). The fraction of sp³-hybridized carbons (Fsp3) is 0.381. The summed E-state index contributed by atoms with van der Waals surface area (Å²) < 4.78 is 47.3. The minimum atomic E-state index is -2.83. The number of ether oxygens (including phenoxy) is 1. The average Bonchev–Trinajstić information content (AvgIpc) is 3.02. The van der Waals surface area contributed by atoms with Crippen molar-refractivity contribution in [3.63, 3.8) is 0 Å². The Labute approximate surface area is 161 Å². The van der Waals surface area contributed by atoms with Gasteiger partial charge in [-0.05, 0) is 50.6 Å². The second-order valence-corrected chi connectivity index (χ2v) is 7.67. The molecule has 0 bridgehead atoms. The predicted molar refractivity (Wildman–Crippen MR) is 101 cm³/mol. The number of rotatable bonds is 7. The first kappa shape index (κ1) is 20.2. The van der Waals surface area contributed by atoms with Crippen molar-refractivity contribution in [3.8, 4) is 5.75 Å². The van der Waals surface area contributed by atoms with E-state index in [1.807, 2.05) is 6.07 Å². The van der Waals surface area contributed by atoms with E-state index in [0.717, 1.165) is 23.0 Å². The molecule has 2 aromatic heterocycles. The van der Waals surface area contributed by atoms with Crippen molar-refractivity contribution >= 4 is 10.9 Å². The summed E-state index contributed by atoms with van der Waals surface area (Å²) in [7, 11) is 1.35. The number of hydrogen-bond acceptors (Lipinski definition) is 3.